The van der Waals surface area contributed by atoms with E-state index in [9.17, 15) is 14.9 Å². The van der Waals surface area contributed by atoms with Crippen LogP contribution in [-0.2, 0) is 0 Å². The van der Waals surface area contributed by atoms with Gasteiger partial charge in [0, 0.05) is 17.3 Å². The third-order valence-electron chi connectivity index (χ3n) is 4.51. The number of anilines is 1. The van der Waals surface area contributed by atoms with Gasteiger partial charge in [0.15, 0.2) is 0 Å². The van der Waals surface area contributed by atoms with E-state index < -0.39 is 4.92 Å². The van der Waals surface area contributed by atoms with E-state index in [1.165, 1.54) is 11.6 Å². The number of imidazole rings is 1. The van der Waals surface area contributed by atoms with Crippen molar-refractivity contribution in [2.75, 3.05) is 5.32 Å². The zero-order valence-electron chi connectivity index (χ0n) is 15.1. The number of thiophene rings is 1. The van der Waals surface area contributed by atoms with Crippen LogP contribution in [0.15, 0.2) is 48.5 Å². The van der Waals surface area contributed by atoms with Crippen LogP contribution in [0, 0.1) is 24.0 Å². The fourth-order valence-electron chi connectivity index (χ4n) is 2.84. The third kappa shape index (κ3) is 3.37. The molecule has 4 aromatic rings. The SMILES string of the molecule is Cc1ccc(NC(=O)c2ccc3nc(-c4ccc([N+](=O)[O-])s4)[nH]c3c2)cc1C. The first kappa shape index (κ1) is 17.9. The first-order chi connectivity index (χ1) is 13.4. The Bertz CT molecular complexity index is 1230. The van der Waals surface area contributed by atoms with E-state index in [0.717, 1.165) is 22.6 Å². The van der Waals surface area contributed by atoms with E-state index >= 15 is 0 Å². The molecule has 0 spiro atoms. The maximum Gasteiger partial charge on any atom is 0.324 e. The largest absolute Gasteiger partial charge is 0.337 e. The van der Waals surface area contributed by atoms with Crippen molar-refractivity contribution in [2.45, 2.75) is 13.8 Å². The molecule has 0 aliphatic carbocycles. The van der Waals surface area contributed by atoms with Gasteiger partial charge < -0.3 is 10.3 Å². The van der Waals surface area contributed by atoms with Crippen LogP contribution in [0.2, 0.25) is 0 Å². The molecule has 2 aromatic carbocycles. The highest BCUT2D eigenvalue weighted by atomic mass is 32.1. The summed E-state index contributed by atoms with van der Waals surface area (Å²) in [7, 11) is 0. The first-order valence-electron chi connectivity index (χ1n) is 8.54. The van der Waals surface area contributed by atoms with Crippen molar-refractivity contribution in [2.24, 2.45) is 0 Å². The molecule has 8 heteroatoms. The van der Waals surface area contributed by atoms with Gasteiger partial charge in [0.2, 0.25) is 0 Å². The minimum Gasteiger partial charge on any atom is -0.337 e. The zero-order valence-corrected chi connectivity index (χ0v) is 16.0. The summed E-state index contributed by atoms with van der Waals surface area (Å²) in [5.41, 5.74) is 4.89. The highest BCUT2D eigenvalue weighted by Crippen LogP contribution is 2.32. The fraction of sp³-hybridized carbons (Fsp3) is 0.100. The molecule has 1 amide bonds. The molecule has 2 aromatic heterocycles. The summed E-state index contributed by atoms with van der Waals surface area (Å²) in [6.45, 7) is 4.02. The van der Waals surface area contributed by atoms with Crippen LogP contribution in [0.1, 0.15) is 21.5 Å². The molecule has 140 valence electrons. The van der Waals surface area contributed by atoms with Crippen molar-refractivity contribution in [1.29, 1.82) is 0 Å². The van der Waals surface area contributed by atoms with Gasteiger partial charge in [-0.2, -0.15) is 0 Å². The number of hydrogen-bond acceptors (Lipinski definition) is 5. The number of benzene rings is 2. The van der Waals surface area contributed by atoms with E-state index in [4.69, 9.17) is 0 Å². The van der Waals surface area contributed by atoms with Crippen LogP contribution in [0.3, 0.4) is 0 Å². The summed E-state index contributed by atoms with van der Waals surface area (Å²) in [5, 5.41) is 13.8. The Kier molecular flexibility index (Phi) is 4.40. The summed E-state index contributed by atoms with van der Waals surface area (Å²) in [6.07, 6.45) is 0. The van der Waals surface area contributed by atoms with Gasteiger partial charge in [-0.25, -0.2) is 4.98 Å². The average Bonchev–Trinajstić information content (AvgIpc) is 3.30. The second-order valence-electron chi connectivity index (χ2n) is 6.47. The summed E-state index contributed by atoms with van der Waals surface area (Å²) in [5.74, 6) is 0.327. The van der Waals surface area contributed by atoms with E-state index in [-0.39, 0.29) is 10.9 Å². The zero-order chi connectivity index (χ0) is 19.8. The van der Waals surface area contributed by atoms with Crippen molar-refractivity contribution < 1.29 is 9.72 Å². The Balaban J connectivity index is 1.60. The lowest BCUT2D eigenvalue weighted by Gasteiger charge is -2.07. The van der Waals surface area contributed by atoms with Crippen molar-refractivity contribution in [3.05, 3.63) is 75.3 Å². The molecule has 2 heterocycles. The van der Waals surface area contributed by atoms with Gasteiger partial charge in [0.25, 0.3) is 5.91 Å². The normalized spacial score (nSPS) is 10.9. The van der Waals surface area contributed by atoms with Crippen LogP contribution >= 0.6 is 11.3 Å². The van der Waals surface area contributed by atoms with Crippen LogP contribution < -0.4 is 5.32 Å². The minimum atomic E-state index is -0.425. The molecule has 0 radical (unpaired) electrons. The van der Waals surface area contributed by atoms with Gasteiger partial charge in [0.05, 0.1) is 20.8 Å². The second-order valence-corrected chi connectivity index (χ2v) is 7.53. The van der Waals surface area contributed by atoms with Crippen LogP contribution in [0.25, 0.3) is 21.7 Å². The molecule has 28 heavy (non-hydrogen) atoms. The smallest absolute Gasteiger partial charge is 0.324 e. The van der Waals surface area contributed by atoms with Gasteiger partial charge in [-0.05, 0) is 61.4 Å². The molecule has 0 atom stereocenters. The standard InChI is InChI=1S/C20H16N4O3S/c1-11-3-5-14(9-12(11)2)21-20(25)13-4-6-15-16(10-13)23-19(22-15)17-7-8-18(28-17)24(26)27/h3-10H,1-2H3,(H,21,25)(H,22,23). The van der Waals surface area contributed by atoms with E-state index in [1.54, 1.807) is 24.3 Å². The van der Waals surface area contributed by atoms with E-state index in [2.05, 4.69) is 15.3 Å². The number of carbonyl (C=O) groups is 1. The molecule has 0 aliphatic heterocycles. The van der Waals surface area contributed by atoms with Gasteiger partial charge in [-0.15, -0.1) is 0 Å². The Morgan fingerprint density at radius 2 is 1.93 bits per heavy atom. The van der Waals surface area contributed by atoms with Crippen LogP contribution in [0.5, 0.6) is 0 Å². The molecule has 4 rings (SSSR count). The summed E-state index contributed by atoms with van der Waals surface area (Å²) in [6, 6.07) is 14.1. The number of hydrogen-bond donors (Lipinski definition) is 2. The number of amides is 1. The lowest BCUT2D eigenvalue weighted by Crippen LogP contribution is -2.11. The molecule has 2 N–H and O–H groups in total. The van der Waals surface area contributed by atoms with Crippen LogP contribution in [0.4, 0.5) is 10.7 Å². The Labute approximate surface area is 164 Å². The van der Waals surface area contributed by atoms with Crippen molar-refractivity contribution in [3.63, 3.8) is 0 Å². The number of rotatable bonds is 4. The van der Waals surface area contributed by atoms with Gasteiger partial charge in [-0.3, -0.25) is 14.9 Å². The maximum atomic E-state index is 12.6. The van der Waals surface area contributed by atoms with Gasteiger partial charge in [-0.1, -0.05) is 17.4 Å². The van der Waals surface area contributed by atoms with Crippen molar-refractivity contribution in [3.8, 4) is 10.7 Å². The molecular formula is C20H16N4O3S. The number of nitrogens with zero attached hydrogens (tertiary/aromatic N) is 2. The number of carbonyl (C=O) groups excluding carboxylic acids is 1. The number of aromatic nitrogens is 2. The van der Waals surface area contributed by atoms with E-state index in [0.29, 0.717) is 27.3 Å². The predicted octanol–water partition coefficient (Wildman–Crippen LogP) is 5.07. The summed E-state index contributed by atoms with van der Waals surface area (Å²) >= 11 is 1.05. The number of aryl methyl sites for hydroxylation is 2. The molecule has 0 aliphatic rings. The third-order valence-corrected chi connectivity index (χ3v) is 5.56. The molecule has 0 fully saturated rings. The lowest BCUT2D eigenvalue weighted by atomic mass is 10.1. The highest BCUT2D eigenvalue weighted by Gasteiger charge is 2.15. The minimum absolute atomic E-state index is 0.0592. The molecule has 0 saturated carbocycles. The topological polar surface area (TPSA) is 101 Å². The number of H-pyrrole nitrogens is 1. The highest BCUT2D eigenvalue weighted by molar-refractivity contribution is 7.18. The quantitative estimate of drug-likeness (QED) is 0.374. The Morgan fingerprint density at radius 1 is 1.11 bits per heavy atom. The average molecular weight is 392 g/mol. The molecule has 0 unspecified atom stereocenters. The fourth-order valence-corrected chi connectivity index (χ4v) is 3.61. The van der Waals surface area contributed by atoms with E-state index in [1.807, 2.05) is 32.0 Å². The number of nitrogens with one attached hydrogen (secondary N) is 2. The first-order valence-corrected chi connectivity index (χ1v) is 9.35. The number of aromatic amines is 1. The number of nitro groups is 1. The maximum absolute atomic E-state index is 12.6. The molecule has 7 nitrogen and oxygen atoms in total. The molecule has 0 saturated heterocycles. The number of fused-ring (bicyclic) bond motifs is 1. The van der Waals surface area contributed by atoms with Gasteiger partial charge in [0.1, 0.15) is 5.82 Å². The lowest BCUT2D eigenvalue weighted by molar-refractivity contribution is -0.380. The summed E-state index contributed by atoms with van der Waals surface area (Å²) in [4.78, 5) is 31.3. The summed E-state index contributed by atoms with van der Waals surface area (Å²) < 4.78 is 0. The van der Waals surface area contributed by atoms with Crippen LogP contribution in [-0.4, -0.2) is 20.8 Å². The predicted molar refractivity (Wildman–Crippen MR) is 110 cm³/mol. The monoisotopic (exact) mass is 392 g/mol. The Morgan fingerprint density at radius 3 is 2.64 bits per heavy atom. The van der Waals surface area contributed by atoms with Gasteiger partial charge >= 0.3 is 5.00 Å². The van der Waals surface area contributed by atoms with Crippen molar-refractivity contribution in [1.82, 2.24) is 9.97 Å². The van der Waals surface area contributed by atoms with Crippen molar-refractivity contribution >= 4 is 39.0 Å². The molecular weight excluding hydrogens is 376 g/mol. The molecule has 0 bridgehead atoms. The second kappa shape index (κ2) is 6.90. The Hall–Kier alpha value is -3.52.